The molecule has 0 saturated heterocycles. The van der Waals surface area contributed by atoms with Crippen molar-refractivity contribution in [3.8, 4) is 0 Å². The minimum absolute atomic E-state index is 0.0839. The molecule has 3 atom stereocenters. The molecule has 18 heavy (non-hydrogen) atoms. The van der Waals surface area contributed by atoms with Gasteiger partial charge in [0.25, 0.3) is 0 Å². The Morgan fingerprint density at radius 1 is 1.39 bits per heavy atom. The SMILES string of the molecule is CC(O)CC(C)NC(CN)c1cc(F)cc(Cl)c1. The van der Waals surface area contributed by atoms with Gasteiger partial charge >= 0.3 is 0 Å². The van der Waals surface area contributed by atoms with Crippen LogP contribution in [0.1, 0.15) is 31.9 Å². The summed E-state index contributed by atoms with van der Waals surface area (Å²) in [6.45, 7) is 4.02. The summed E-state index contributed by atoms with van der Waals surface area (Å²) in [5.74, 6) is -0.374. The second kappa shape index (κ2) is 7.04. The zero-order chi connectivity index (χ0) is 13.7. The van der Waals surface area contributed by atoms with Crippen molar-refractivity contribution in [2.45, 2.75) is 38.5 Å². The molecule has 0 bridgehead atoms. The highest BCUT2D eigenvalue weighted by molar-refractivity contribution is 6.30. The summed E-state index contributed by atoms with van der Waals surface area (Å²) >= 11 is 5.82. The maximum atomic E-state index is 13.3. The van der Waals surface area contributed by atoms with Gasteiger partial charge in [0.05, 0.1) is 6.10 Å². The zero-order valence-electron chi connectivity index (χ0n) is 10.7. The molecule has 0 fully saturated rings. The van der Waals surface area contributed by atoms with Crippen LogP contribution in [0.2, 0.25) is 5.02 Å². The van der Waals surface area contributed by atoms with E-state index in [0.717, 1.165) is 5.56 Å². The summed E-state index contributed by atoms with van der Waals surface area (Å²) in [4.78, 5) is 0. The van der Waals surface area contributed by atoms with Crippen molar-refractivity contribution < 1.29 is 9.50 Å². The number of nitrogens with one attached hydrogen (secondary N) is 1. The lowest BCUT2D eigenvalue weighted by molar-refractivity contribution is 0.168. The first-order valence-electron chi connectivity index (χ1n) is 6.02. The van der Waals surface area contributed by atoms with E-state index in [0.29, 0.717) is 18.0 Å². The predicted octanol–water partition coefficient (Wildman–Crippen LogP) is 2.23. The Labute approximate surface area is 112 Å². The third-order valence-electron chi connectivity index (χ3n) is 2.70. The minimum Gasteiger partial charge on any atom is -0.393 e. The fraction of sp³-hybridized carbons (Fsp3) is 0.538. The molecule has 0 aliphatic rings. The lowest BCUT2D eigenvalue weighted by Crippen LogP contribution is -2.36. The van der Waals surface area contributed by atoms with Crippen LogP contribution in [-0.2, 0) is 0 Å². The highest BCUT2D eigenvalue weighted by Gasteiger charge is 2.15. The van der Waals surface area contributed by atoms with Gasteiger partial charge in [-0.3, -0.25) is 0 Å². The normalized spacial score (nSPS) is 16.3. The molecule has 3 unspecified atom stereocenters. The number of hydrogen-bond acceptors (Lipinski definition) is 3. The molecule has 0 saturated carbocycles. The molecule has 4 N–H and O–H groups in total. The van der Waals surface area contributed by atoms with E-state index in [2.05, 4.69) is 5.32 Å². The van der Waals surface area contributed by atoms with Crippen LogP contribution in [0.25, 0.3) is 0 Å². The molecule has 0 aliphatic carbocycles. The molecule has 0 aromatic heterocycles. The molecule has 0 heterocycles. The molecule has 0 amide bonds. The van der Waals surface area contributed by atoms with Crippen molar-refractivity contribution in [3.63, 3.8) is 0 Å². The van der Waals surface area contributed by atoms with E-state index in [4.69, 9.17) is 17.3 Å². The third-order valence-corrected chi connectivity index (χ3v) is 2.92. The summed E-state index contributed by atoms with van der Waals surface area (Å²) in [6.07, 6.45) is 0.224. The van der Waals surface area contributed by atoms with E-state index in [1.165, 1.54) is 12.1 Å². The van der Waals surface area contributed by atoms with Crippen LogP contribution >= 0.6 is 11.6 Å². The molecule has 1 aromatic carbocycles. The highest BCUT2D eigenvalue weighted by atomic mass is 35.5. The Balaban J connectivity index is 2.76. The lowest BCUT2D eigenvalue weighted by atomic mass is 10.0. The van der Waals surface area contributed by atoms with E-state index in [1.54, 1.807) is 13.0 Å². The van der Waals surface area contributed by atoms with Crippen molar-refractivity contribution in [2.75, 3.05) is 6.54 Å². The van der Waals surface area contributed by atoms with Crippen LogP contribution in [0.3, 0.4) is 0 Å². The molecule has 1 aromatic rings. The van der Waals surface area contributed by atoms with Crippen molar-refractivity contribution >= 4 is 11.6 Å². The predicted molar refractivity (Wildman–Crippen MR) is 72.1 cm³/mol. The Morgan fingerprint density at radius 3 is 2.56 bits per heavy atom. The van der Waals surface area contributed by atoms with Crippen molar-refractivity contribution in [1.29, 1.82) is 0 Å². The van der Waals surface area contributed by atoms with Crippen molar-refractivity contribution in [1.82, 2.24) is 5.32 Å². The van der Waals surface area contributed by atoms with Crippen molar-refractivity contribution in [2.24, 2.45) is 5.73 Å². The molecule has 3 nitrogen and oxygen atoms in total. The number of nitrogens with two attached hydrogens (primary N) is 1. The van der Waals surface area contributed by atoms with Gasteiger partial charge in [-0.25, -0.2) is 4.39 Å². The summed E-state index contributed by atoms with van der Waals surface area (Å²) < 4.78 is 13.3. The monoisotopic (exact) mass is 274 g/mol. The van der Waals surface area contributed by atoms with Crippen LogP contribution < -0.4 is 11.1 Å². The smallest absolute Gasteiger partial charge is 0.125 e. The van der Waals surface area contributed by atoms with E-state index in [-0.39, 0.29) is 24.0 Å². The Bertz CT molecular complexity index is 367. The van der Waals surface area contributed by atoms with Crippen LogP contribution in [0, 0.1) is 5.82 Å². The van der Waals surface area contributed by atoms with Gasteiger partial charge in [-0.2, -0.15) is 0 Å². The quantitative estimate of drug-likeness (QED) is 0.746. The fourth-order valence-corrected chi connectivity index (χ4v) is 2.23. The molecule has 5 heteroatoms. The van der Waals surface area contributed by atoms with Gasteiger partial charge in [0.15, 0.2) is 0 Å². The molecule has 0 radical (unpaired) electrons. The van der Waals surface area contributed by atoms with Gasteiger partial charge in [0, 0.05) is 23.7 Å². The van der Waals surface area contributed by atoms with Gasteiger partial charge in [-0.15, -0.1) is 0 Å². The van der Waals surface area contributed by atoms with Gasteiger partial charge in [0.2, 0.25) is 0 Å². The number of aliphatic hydroxyl groups is 1. The number of aliphatic hydroxyl groups excluding tert-OH is 1. The highest BCUT2D eigenvalue weighted by Crippen LogP contribution is 2.20. The topological polar surface area (TPSA) is 58.3 Å². The molecule has 0 spiro atoms. The largest absolute Gasteiger partial charge is 0.393 e. The van der Waals surface area contributed by atoms with Crippen LogP contribution in [0.5, 0.6) is 0 Å². The summed E-state index contributed by atoms with van der Waals surface area (Å²) in [6, 6.07) is 4.29. The Morgan fingerprint density at radius 2 is 2.06 bits per heavy atom. The van der Waals surface area contributed by atoms with Gasteiger partial charge in [0.1, 0.15) is 5.82 Å². The standard InChI is InChI=1S/C13H20ClFN2O/c1-8(3-9(2)18)17-13(7-16)10-4-11(14)6-12(15)5-10/h4-6,8-9,13,17-18H,3,7,16H2,1-2H3. The van der Waals surface area contributed by atoms with Gasteiger partial charge in [-0.05, 0) is 44.0 Å². The van der Waals surface area contributed by atoms with Gasteiger partial charge < -0.3 is 16.2 Å². The molecule has 102 valence electrons. The van der Waals surface area contributed by atoms with E-state index in [1.807, 2.05) is 6.92 Å². The first-order valence-corrected chi connectivity index (χ1v) is 6.40. The third kappa shape index (κ3) is 4.90. The van der Waals surface area contributed by atoms with Crippen molar-refractivity contribution in [3.05, 3.63) is 34.6 Å². The minimum atomic E-state index is -0.387. The zero-order valence-corrected chi connectivity index (χ0v) is 11.4. The maximum Gasteiger partial charge on any atom is 0.125 e. The fourth-order valence-electron chi connectivity index (χ4n) is 2.00. The summed E-state index contributed by atoms with van der Waals surface area (Å²) in [5.41, 5.74) is 6.42. The van der Waals surface area contributed by atoms with E-state index < -0.39 is 0 Å². The first kappa shape index (κ1) is 15.4. The lowest BCUT2D eigenvalue weighted by Gasteiger charge is -2.23. The van der Waals surface area contributed by atoms with E-state index >= 15 is 0 Å². The average Bonchev–Trinajstić information content (AvgIpc) is 2.23. The number of rotatable bonds is 6. The second-order valence-electron chi connectivity index (χ2n) is 4.64. The number of halogens is 2. The summed E-state index contributed by atoms with van der Waals surface area (Å²) in [7, 11) is 0. The molecular weight excluding hydrogens is 255 g/mol. The average molecular weight is 275 g/mol. The van der Waals surface area contributed by atoms with E-state index in [9.17, 15) is 9.50 Å². The number of hydrogen-bond donors (Lipinski definition) is 3. The summed E-state index contributed by atoms with van der Waals surface area (Å²) in [5, 5.41) is 12.9. The van der Waals surface area contributed by atoms with Gasteiger partial charge in [-0.1, -0.05) is 11.6 Å². The molecule has 1 rings (SSSR count). The first-order chi connectivity index (χ1) is 8.42. The Kier molecular flexibility index (Phi) is 6.02. The Hall–Kier alpha value is -0.680. The second-order valence-corrected chi connectivity index (χ2v) is 5.08. The van der Waals surface area contributed by atoms with Crippen LogP contribution in [-0.4, -0.2) is 23.8 Å². The molecule has 0 aliphatic heterocycles. The van der Waals surface area contributed by atoms with Crippen LogP contribution in [0.4, 0.5) is 4.39 Å². The molecular formula is C13H20ClFN2O. The number of benzene rings is 1. The van der Waals surface area contributed by atoms with Crippen LogP contribution in [0.15, 0.2) is 18.2 Å². The maximum absolute atomic E-state index is 13.3.